The Kier molecular flexibility index (Phi) is 7.90. The van der Waals surface area contributed by atoms with E-state index in [1.165, 1.54) is 0 Å². The number of halogens is 1. The molecule has 13 nitrogen and oxygen atoms in total. The van der Waals surface area contributed by atoms with E-state index < -0.39 is 7.14 Å². The molecule has 2 saturated heterocycles. The summed E-state index contributed by atoms with van der Waals surface area (Å²) < 4.78 is 27.2. The van der Waals surface area contributed by atoms with E-state index in [1.54, 1.807) is 43.7 Å². The first-order valence-electron chi connectivity index (χ1n) is 14.9. The van der Waals surface area contributed by atoms with Crippen molar-refractivity contribution in [3.8, 4) is 17.0 Å². The zero-order chi connectivity index (χ0) is 32.1. The maximum absolute atomic E-state index is 13.4. The Morgan fingerprint density at radius 1 is 1.02 bits per heavy atom. The minimum absolute atomic E-state index is 0.299. The molecule has 0 bridgehead atoms. The zero-order valence-electron chi connectivity index (χ0n) is 26.0. The number of ether oxygens (including phenoxy) is 2. The van der Waals surface area contributed by atoms with Crippen LogP contribution in [0.3, 0.4) is 0 Å². The largest absolute Gasteiger partial charge is 0.479 e. The lowest BCUT2D eigenvalue weighted by molar-refractivity contribution is -0.124. The number of pyridine rings is 1. The monoisotopic (exact) mass is 704 g/mol. The zero-order valence-corrected chi connectivity index (χ0v) is 28.5. The molecule has 1 spiro atoms. The molecule has 46 heavy (non-hydrogen) atoms. The summed E-state index contributed by atoms with van der Waals surface area (Å²) in [7, 11) is 0.732. The highest BCUT2D eigenvalue weighted by atomic mass is 79.9. The van der Waals surface area contributed by atoms with Gasteiger partial charge in [-0.1, -0.05) is 0 Å². The first kappa shape index (κ1) is 30.5. The summed E-state index contributed by atoms with van der Waals surface area (Å²) in [5, 5.41) is 11.7. The van der Waals surface area contributed by atoms with Gasteiger partial charge in [-0.3, -0.25) is 14.6 Å². The summed E-state index contributed by atoms with van der Waals surface area (Å²) in [6, 6.07) is 5.70. The first-order valence-corrected chi connectivity index (χ1v) is 18.3. The number of nitrogens with one attached hydrogen (secondary N) is 2. The number of rotatable bonds is 8. The maximum atomic E-state index is 13.4. The number of nitrogens with zero attached hydrogens (tertiary/aromatic N) is 8. The van der Waals surface area contributed by atoms with Crippen LogP contribution >= 0.6 is 23.1 Å². The molecule has 7 rings (SSSR count). The fraction of sp³-hybridized carbons (Fsp3) is 0.355. The van der Waals surface area contributed by atoms with Crippen LogP contribution in [0.1, 0.15) is 12.8 Å². The SMILES string of the molecule is COc1nc(N2CCC3(CC2)COC3)c(-c2cnn(C)c2)cc1Nc1ncc(Br)c(Nc2ccc3nccnc3c2P(C)(C)=O)n1. The normalized spacial score (nSPS) is 16.0. The van der Waals surface area contributed by atoms with Crippen LogP contribution in [0.15, 0.2) is 53.7 Å². The van der Waals surface area contributed by atoms with Crippen LogP contribution < -0.4 is 25.6 Å². The van der Waals surface area contributed by atoms with Gasteiger partial charge in [-0.25, -0.2) is 4.98 Å². The van der Waals surface area contributed by atoms with Crippen LogP contribution in [0.5, 0.6) is 5.88 Å². The van der Waals surface area contributed by atoms with E-state index in [0.717, 1.165) is 56.1 Å². The van der Waals surface area contributed by atoms with Crippen molar-refractivity contribution in [2.24, 2.45) is 12.5 Å². The third-order valence-electron chi connectivity index (χ3n) is 8.51. The van der Waals surface area contributed by atoms with Crippen LogP contribution in [-0.2, 0) is 16.3 Å². The molecular formula is C31H34BrN10O3P. The van der Waals surface area contributed by atoms with Crippen molar-refractivity contribution in [2.45, 2.75) is 12.8 Å². The lowest BCUT2D eigenvalue weighted by Crippen LogP contribution is -2.51. The van der Waals surface area contributed by atoms with Gasteiger partial charge in [-0.05, 0) is 60.3 Å². The molecule has 0 unspecified atom stereocenters. The van der Waals surface area contributed by atoms with Crippen molar-refractivity contribution >= 4 is 68.4 Å². The molecule has 1 aromatic carbocycles. The van der Waals surface area contributed by atoms with Gasteiger partial charge in [0.1, 0.15) is 30.0 Å². The van der Waals surface area contributed by atoms with Crippen LogP contribution in [-0.4, -0.2) is 81.4 Å². The van der Waals surface area contributed by atoms with E-state index >= 15 is 0 Å². The molecule has 15 heteroatoms. The fourth-order valence-electron chi connectivity index (χ4n) is 6.05. The van der Waals surface area contributed by atoms with Gasteiger partial charge in [0.05, 0.1) is 47.5 Å². The Morgan fingerprint density at radius 2 is 1.80 bits per heavy atom. The third-order valence-corrected chi connectivity index (χ3v) is 10.6. The molecular weight excluding hydrogens is 671 g/mol. The van der Waals surface area contributed by atoms with Gasteiger partial charge in [0.2, 0.25) is 11.8 Å². The van der Waals surface area contributed by atoms with Gasteiger partial charge in [-0.2, -0.15) is 15.1 Å². The number of fused-ring (bicyclic) bond motifs is 1. The van der Waals surface area contributed by atoms with E-state index in [2.05, 4.69) is 51.5 Å². The number of methoxy groups -OCH3 is 1. The number of hydrogen-bond acceptors (Lipinski definition) is 12. The lowest BCUT2D eigenvalue weighted by atomic mass is 9.77. The smallest absolute Gasteiger partial charge is 0.239 e. The molecule has 2 aliphatic heterocycles. The minimum Gasteiger partial charge on any atom is -0.479 e. The van der Waals surface area contributed by atoms with Crippen molar-refractivity contribution in [3.63, 3.8) is 0 Å². The molecule has 6 heterocycles. The van der Waals surface area contributed by atoms with E-state index in [1.807, 2.05) is 37.6 Å². The topological polar surface area (TPSA) is 145 Å². The standard InChI is InChI=1S/C31H34BrN10O3P/c1-41-16-19(14-36-41)20-13-24(29(44-2)40-28(20)42-11-7-31(8-12-42)17-45-18-31)38-30-35-15-21(32)27(39-30)37-23-6-5-22-25(34-10-9-33-22)26(23)46(3,4)43/h5-6,9-10,13-16H,7-8,11-12,17-18H2,1-4H3,(H2,35,37,38,39). The molecule has 0 amide bonds. The van der Waals surface area contributed by atoms with Crippen molar-refractivity contribution in [1.82, 2.24) is 34.7 Å². The summed E-state index contributed by atoms with van der Waals surface area (Å²) in [4.78, 5) is 25.5. The predicted octanol–water partition coefficient (Wildman–Crippen LogP) is 5.34. The van der Waals surface area contributed by atoms with Crippen molar-refractivity contribution < 1.29 is 14.0 Å². The lowest BCUT2D eigenvalue weighted by Gasteiger charge is -2.47. The van der Waals surface area contributed by atoms with Crippen molar-refractivity contribution in [2.75, 3.05) is 62.3 Å². The van der Waals surface area contributed by atoms with Gasteiger partial charge in [0.15, 0.2) is 0 Å². The highest BCUT2D eigenvalue weighted by molar-refractivity contribution is 9.10. The van der Waals surface area contributed by atoms with Gasteiger partial charge >= 0.3 is 0 Å². The highest BCUT2D eigenvalue weighted by Gasteiger charge is 2.42. The van der Waals surface area contributed by atoms with E-state index in [4.69, 9.17) is 19.4 Å². The molecule has 0 aliphatic carbocycles. The van der Waals surface area contributed by atoms with E-state index in [0.29, 0.717) is 55.2 Å². The Bertz CT molecular complexity index is 1980. The Balaban J connectivity index is 1.23. The second-order valence-corrected chi connectivity index (χ2v) is 16.2. The summed E-state index contributed by atoms with van der Waals surface area (Å²) in [5.74, 6) is 2.07. The van der Waals surface area contributed by atoms with Gasteiger partial charge in [0.25, 0.3) is 0 Å². The fourth-order valence-corrected chi connectivity index (χ4v) is 7.73. The summed E-state index contributed by atoms with van der Waals surface area (Å²) in [6.07, 6.45) is 10.8. The molecule has 238 valence electrons. The first-order chi connectivity index (χ1) is 22.1. The number of aryl methyl sites for hydroxylation is 1. The second kappa shape index (κ2) is 11.9. The van der Waals surface area contributed by atoms with Gasteiger partial charge in [-0.15, -0.1) is 0 Å². The van der Waals surface area contributed by atoms with E-state index in [-0.39, 0.29) is 0 Å². The quantitative estimate of drug-likeness (QED) is 0.201. The number of piperidine rings is 1. The molecule has 2 aliphatic rings. The van der Waals surface area contributed by atoms with Gasteiger partial charge in [0, 0.05) is 61.5 Å². The summed E-state index contributed by atoms with van der Waals surface area (Å²) in [5.41, 5.74) is 4.66. The number of hydrogen-bond donors (Lipinski definition) is 2. The molecule has 4 aromatic heterocycles. The minimum atomic E-state index is -2.77. The second-order valence-electron chi connectivity index (χ2n) is 12.2. The number of benzene rings is 1. The van der Waals surface area contributed by atoms with Crippen LogP contribution in [0, 0.1) is 5.41 Å². The molecule has 2 fully saturated rings. The highest BCUT2D eigenvalue weighted by Crippen LogP contribution is 2.44. The van der Waals surface area contributed by atoms with E-state index in [9.17, 15) is 4.57 Å². The van der Waals surface area contributed by atoms with Crippen molar-refractivity contribution in [3.05, 3.63) is 53.7 Å². The molecule has 2 N–H and O–H groups in total. The maximum Gasteiger partial charge on any atom is 0.239 e. The average Bonchev–Trinajstić information content (AvgIpc) is 3.47. The van der Waals surface area contributed by atoms with Gasteiger partial charge < -0.3 is 29.6 Å². The molecule has 0 radical (unpaired) electrons. The molecule has 5 aromatic rings. The predicted molar refractivity (Wildman–Crippen MR) is 183 cm³/mol. The summed E-state index contributed by atoms with van der Waals surface area (Å²) >= 11 is 3.57. The number of aromatic nitrogens is 7. The van der Waals surface area contributed by atoms with Crippen molar-refractivity contribution in [1.29, 1.82) is 0 Å². The number of anilines is 5. The Hall–Kier alpha value is -4.13. The van der Waals surface area contributed by atoms with Crippen LogP contribution in [0.4, 0.5) is 29.0 Å². The molecule has 0 saturated carbocycles. The Morgan fingerprint density at radius 3 is 2.48 bits per heavy atom. The average molecular weight is 706 g/mol. The Labute approximate surface area is 274 Å². The summed E-state index contributed by atoms with van der Waals surface area (Å²) in [6.45, 7) is 6.88. The molecule has 0 atom stereocenters. The third kappa shape index (κ3) is 5.80. The van der Waals surface area contributed by atoms with Crippen LogP contribution in [0.25, 0.3) is 22.2 Å². The van der Waals surface area contributed by atoms with Crippen LogP contribution in [0.2, 0.25) is 0 Å².